The molecule has 3 nitrogen and oxygen atoms in total. The molecule has 31 heavy (non-hydrogen) atoms. The van der Waals surface area contributed by atoms with Crippen molar-refractivity contribution >= 4 is 17.3 Å². The van der Waals surface area contributed by atoms with Crippen LogP contribution in [0.15, 0.2) is 78.9 Å². The molecular weight excluding hydrogens is 380 g/mol. The van der Waals surface area contributed by atoms with E-state index in [2.05, 4.69) is 80.7 Å². The van der Waals surface area contributed by atoms with Gasteiger partial charge in [0.05, 0.1) is 6.04 Å². The van der Waals surface area contributed by atoms with Crippen LogP contribution in [-0.2, 0) is 6.42 Å². The molecule has 3 aromatic carbocycles. The molecule has 0 aromatic heterocycles. The Kier molecular flexibility index (Phi) is 6.41. The van der Waals surface area contributed by atoms with Crippen LogP contribution in [0.5, 0.6) is 0 Å². The van der Waals surface area contributed by atoms with Gasteiger partial charge < -0.3 is 10.2 Å². The van der Waals surface area contributed by atoms with Crippen molar-refractivity contribution in [2.24, 2.45) is 5.92 Å². The van der Waals surface area contributed by atoms with E-state index in [1.54, 1.807) is 0 Å². The molecule has 1 N–H and O–H groups in total. The van der Waals surface area contributed by atoms with Gasteiger partial charge in [0.25, 0.3) is 5.91 Å². The molecule has 3 atom stereocenters. The molecule has 1 aliphatic heterocycles. The predicted molar refractivity (Wildman–Crippen MR) is 130 cm³/mol. The van der Waals surface area contributed by atoms with Crippen LogP contribution < -0.4 is 10.2 Å². The average Bonchev–Trinajstić information content (AvgIpc) is 2.81. The summed E-state index contributed by atoms with van der Waals surface area (Å²) in [5.74, 6) is 0.357. The van der Waals surface area contributed by atoms with Gasteiger partial charge in [-0.05, 0) is 54.3 Å². The molecular formula is C28H32N2O. The predicted octanol–water partition coefficient (Wildman–Crippen LogP) is 6.87. The third-order valence-electron chi connectivity index (χ3n) is 6.47. The number of carbonyl (C=O) groups excluding carboxylic acids is 1. The molecule has 0 spiro atoms. The van der Waals surface area contributed by atoms with Gasteiger partial charge in [0.15, 0.2) is 0 Å². The van der Waals surface area contributed by atoms with Crippen molar-refractivity contribution < 1.29 is 4.79 Å². The fourth-order valence-electron chi connectivity index (χ4n) is 4.87. The summed E-state index contributed by atoms with van der Waals surface area (Å²) in [5.41, 5.74) is 5.35. The van der Waals surface area contributed by atoms with E-state index in [1.807, 2.05) is 29.2 Å². The number of amides is 1. The third kappa shape index (κ3) is 4.23. The Bertz CT molecular complexity index is 1010. The second-order valence-electron chi connectivity index (χ2n) is 8.50. The normalized spacial score (nSPS) is 20.2. The second-order valence-corrected chi connectivity index (χ2v) is 8.50. The molecule has 0 radical (unpaired) electrons. The van der Waals surface area contributed by atoms with E-state index < -0.39 is 0 Å². The summed E-state index contributed by atoms with van der Waals surface area (Å²) in [6.45, 7) is 6.62. The molecule has 1 aliphatic rings. The Morgan fingerprint density at radius 3 is 2.26 bits per heavy atom. The van der Waals surface area contributed by atoms with E-state index >= 15 is 0 Å². The Morgan fingerprint density at radius 1 is 0.903 bits per heavy atom. The second kappa shape index (κ2) is 9.38. The van der Waals surface area contributed by atoms with Crippen LogP contribution in [0.25, 0.3) is 0 Å². The minimum atomic E-state index is 0.0901. The van der Waals surface area contributed by atoms with Crippen molar-refractivity contribution in [3.63, 3.8) is 0 Å². The highest BCUT2D eigenvalue weighted by atomic mass is 16.2. The lowest BCUT2D eigenvalue weighted by Gasteiger charge is -2.45. The van der Waals surface area contributed by atoms with Crippen molar-refractivity contribution in [3.05, 3.63) is 95.6 Å². The Balaban J connectivity index is 1.71. The first-order chi connectivity index (χ1) is 15.1. The van der Waals surface area contributed by atoms with Gasteiger partial charge in [-0.15, -0.1) is 0 Å². The maximum Gasteiger partial charge on any atom is 0.258 e. The number of nitrogens with one attached hydrogen (secondary N) is 1. The quantitative estimate of drug-likeness (QED) is 0.479. The largest absolute Gasteiger partial charge is 0.378 e. The minimum Gasteiger partial charge on any atom is -0.378 e. The van der Waals surface area contributed by atoms with Crippen LogP contribution in [0, 0.1) is 5.92 Å². The fourth-order valence-corrected chi connectivity index (χ4v) is 4.87. The summed E-state index contributed by atoms with van der Waals surface area (Å²) in [6.07, 6.45) is 3.06. The van der Waals surface area contributed by atoms with Crippen LogP contribution >= 0.6 is 0 Å². The molecule has 4 rings (SSSR count). The van der Waals surface area contributed by atoms with Gasteiger partial charge in [-0.1, -0.05) is 75.7 Å². The van der Waals surface area contributed by atoms with E-state index in [9.17, 15) is 4.79 Å². The summed E-state index contributed by atoms with van der Waals surface area (Å²) in [4.78, 5) is 15.8. The highest BCUT2D eigenvalue weighted by molar-refractivity contribution is 6.07. The summed E-state index contributed by atoms with van der Waals surface area (Å²) < 4.78 is 0. The molecule has 160 valence electrons. The maximum absolute atomic E-state index is 13.7. The van der Waals surface area contributed by atoms with E-state index in [0.717, 1.165) is 36.2 Å². The van der Waals surface area contributed by atoms with E-state index in [1.165, 1.54) is 11.1 Å². The van der Waals surface area contributed by atoms with Crippen LogP contribution in [0.3, 0.4) is 0 Å². The van der Waals surface area contributed by atoms with Crippen molar-refractivity contribution in [3.8, 4) is 0 Å². The molecule has 0 bridgehead atoms. The zero-order valence-electron chi connectivity index (χ0n) is 18.7. The van der Waals surface area contributed by atoms with Crippen LogP contribution in [0.1, 0.15) is 61.1 Å². The van der Waals surface area contributed by atoms with Gasteiger partial charge in [0.2, 0.25) is 0 Å². The molecule has 0 saturated heterocycles. The lowest BCUT2D eigenvalue weighted by atomic mass is 9.80. The van der Waals surface area contributed by atoms with Gasteiger partial charge in [-0.25, -0.2) is 0 Å². The first-order valence-corrected chi connectivity index (χ1v) is 11.5. The number of fused-ring (bicyclic) bond motifs is 1. The minimum absolute atomic E-state index is 0.0901. The van der Waals surface area contributed by atoms with Gasteiger partial charge in [-0.3, -0.25) is 4.79 Å². The SMILES string of the molecule is CCCc1ccc(C(=O)N2c3ccccc3[C@@H](Nc3ccccc3)[C@H](C)[C@@H]2CC)cc1. The topological polar surface area (TPSA) is 32.3 Å². The van der Waals surface area contributed by atoms with Gasteiger partial charge in [-0.2, -0.15) is 0 Å². The van der Waals surface area contributed by atoms with Crippen molar-refractivity contribution in [1.82, 2.24) is 0 Å². The van der Waals surface area contributed by atoms with Gasteiger partial charge >= 0.3 is 0 Å². The summed E-state index contributed by atoms with van der Waals surface area (Å²) in [6, 6.07) is 27.1. The fraction of sp³-hybridized carbons (Fsp3) is 0.321. The summed E-state index contributed by atoms with van der Waals surface area (Å²) in [7, 11) is 0. The first-order valence-electron chi connectivity index (χ1n) is 11.5. The van der Waals surface area contributed by atoms with Crippen molar-refractivity contribution in [2.75, 3.05) is 10.2 Å². The first kappa shape index (κ1) is 21.2. The third-order valence-corrected chi connectivity index (χ3v) is 6.47. The van der Waals surface area contributed by atoms with Gasteiger partial charge in [0.1, 0.15) is 0 Å². The molecule has 3 heteroatoms. The maximum atomic E-state index is 13.7. The molecule has 0 unspecified atom stereocenters. The lowest BCUT2D eigenvalue weighted by Crippen LogP contribution is -2.50. The number of nitrogens with zero attached hydrogens (tertiary/aromatic N) is 1. The number of benzene rings is 3. The zero-order valence-corrected chi connectivity index (χ0v) is 18.7. The Morgan fingerprint density at radius 2 is 1.58 bits per heavy atom. The standard InChI is InChI=1S/C28H32N2O/c1-4-11-21-16-18-22(19-17-21)28(31)30-25(5-2)20(3)27(24-14-9-10-15-26(24)30)29-23-12-7-6-8-13-23/h6-10,12-20,25,27,29H,4-5,11H2,1-3H3/t20-,25+,27+/m1/s1. The van der Waals surface area contributed by atoms with Crippen LogP contribution in [-0.4, -0.2) is 11.9 Å². The lowest BCUT2D eigenvalue weighted by molar-refractivity contribution is 0.0960. The number of aryl methyl sites for hydroxylation is 1. The number of carbonyl (C=O) groups is 1. The van der Waals surface area contributed by atoms with E-state index in [4.69, 9.17) is 0 Å². The molecule has 1 amide bonds. The zero-order chi connectivity index (χ0) is 21.8. The number of rotatable bonds is 6. The summed E-state index contributed by atoms with van der Waals surface area (Å²) >= 11 is 0. The summed E-state index contributed by atoms with van der Waals surface area (Å²) in [5, 5.41) is 3.73. The molecule has 1 heterocycles. The van der Waals surface area contributed by atoms with E-state index in [-0.39, 0.29) is 23.9 Å². The molecule has 0 aliphatic carbocycles. The molecule has 3 aromatic rings. The highest BCUT2D eigenvalue weighted by Crippen LogP contribution is 2.43. The Hall–Kier alpha value is -3.07. The van der Waals surface area contributed by atoms with E-state index in [0.29, 0.717) is 0 Å². The number of hydrogen-bond donors (Lipinski definition) is 1. The highest BCUT2D eigenvalue weighted by Gasteiger charge is 2.40. The van der Waals surface area contributed by atoms with Crippen molar-refractivity contribution in [2.45, 2.75) is 52.1 Å². The Labute approximate surface area is 186 Å². The van der Waals surface area contributed by atoms with Gasteiger partial charge in [0, 0.05) is 28.9 Å². The molecule has 0 fully saturated rings. The number of hydrogen-bond acceptors (Lipinski definition) is 2. The average molecular weight is 413 g/mol. The van der Waals surface area contributed by atoms with Crippen molar-refractivity contribution in [1.29, 1.82) is 0 Å². The van der Waals surface area contributed by atoms with Crippen LogP contribution in [0.4, 0.5) is 11.4 Å². The monoisotopic (exact) mass is 412 g/mol. The van der Waals surface area contributed by atoms with Crippen LogP contribution in [0.2, 0.25) is 0 Å². The number of anilines is 2. The number of para-hydroxylation sites is 2. The smallest absolute Gasteiger partial charge is 0.258 e. The molecule has 0 saturated carbocycles.